The first-order chi connectivity index (χ1) is 10.1. The maximum absolute atomic E-state index is 13.5. The van der Waals surface area contributed by atoms with Crippen molar-refractivity contribution in [3.05, 3.63) is 29.0 Å². The molecule has 1 amide bonds. The van der Waals surface area contributed by atoms with Gasteiger partial charge in [0, 0.05) is 18.2 Å². The van der Waals surface area contributed by atoms with Crippen LogP contribution in [0.4, 0.5) is 10.1 Å². The van der Waals surface area contributed by atoms with Crippen molar-refractivity contribution < 1.29 is 13.9 Å². The second-order valence-electron chi connectivity index (χ2n) is 4.67. The van der Waals surface area contributed by atoms with Crippen LogP contribution in [0.15, 0.2) is 18.2 Å². The van der Waals surface area contributed by atoms with E-state index in [0.717, 1.165) is 31.9 Å². The standard InChI is InChI=1S/C15H22ClFN2O2/c1-2-3-8-21-9-4-7-18-11-15(20)19-14-6-5-12(16)10-13(14)17/h5-6,10,18H,2-4,7-9,11H2,1H3,(H,19,20). The highest BCUT2D eigenvalue weighted by atomic mass is 35.5. The topological polar surface area (TPSA) is 50.4 Å². The number of carbonyl (C=O) groups excluding carboxylic acids is 1. The third-order valence-electron chi connectivity index (χ3n) is 2.78. The molecule has 0 bridgehead atoms. The lowest BCUT2D eigenvalue weighted by molar-refractivity contribution is -0.115. The molecular formula is C15H22ClFN2O2. The molecule has 0 saturated heterocycles. The second-order valence-corrected chi connectivity index (χ2v) is 5.11. The summed E-state index contributed by atoms with van der Waals surface area (Å²) in [6.45, 7) is 4.40. The molecule has 0 aliphatic carbocycles. The van der Waals surface area contributed by atoms with Gasteiger partial charge in [0.2, 0.25) is 5.91 Å². The van der Waals surface area contributed by atoms with E-state index in [0.29, 0.717) is 18.2 Å². The first kappa shape index (κ1) is 17.9. The monoisotopic (exact) mass is 316 g/mol. The van der Waals surface area contributed by atoms with E-state index in [1.54, 1.807) is 0 Å². The van der Waals surface area contributed by atoms with Crippen LogP contribution in [0.5, 0.6) is 0 Å². The van der Waals surface area contributed by atoms with Crippen molar-refractivity contribution in [2.75, 3.05) is 31.6 Å². The van der Waals surface area contributed by atoms with Crippen molar-refractivity contribution in [2.24, 2.45) is 0 Å². The van der Waals surface area contributed by atoms with Crippen LogP contribution in [0.25, 0.3) is 0 Å². The van der Waals surface area contributed by atoms with E-state index in [4.69, 9.17) is 16.3 Å². The lowest BCUT2D eigenvalue weighted by atomic mass is 10.3. The zero-order valence-electron chi connectivity index (χ0n) is 12.3. The average molecular weight is 317 g/mol. The number of benzene rings is 1. The molecule has 0 saturated carbocycles. The van der Waals surface area contributed by atoms with Gasteiger partial charge in [-0.25, -0.2) is 4.39 Å². The van der Waals surface area contributed by atoms with Gasteiger partial charge < -0.3 is 15.4 Å². The van der Waals surface area contributed by atoms with Gasteiger partial charge in [-0.1, -0.05) is 24.9 Å². The summed E-state index contributed by atoms with van der Waals surface area (Å²) >= 11 is 5.64. The van der Waals surface area contributed by atoms with Crippen molar-refractivity contribution in [1.82, 2.24) is 5.32 Å². The van der Waals surface area contributed by atoms with Crippen molar-refractivity contribution >= 4 is 23.2 Å². The Labute approximate surface area is 130 Å². The molecule has 0 aromatic heterocycles. The average Bonchev–Trinajstić information content (AvgIpc) is 2.45. The van der Waals surface area contributed by atoms with Gasteiger partial charge in [0.15, 0.2) is 0 Å². The Hall–Kier alpha value is -1.17. The molecule has 21 heavy (non-hydrogen) atoms. The van der Waals surface area contributed by atoms with Crippen molar-refractivity contribution in [1.29, 1.82) is 0 Å². The quantitative estimate of drug-likeness (QED) is 0.652. The number of hydrogen-bond donors (Lipinski definition) is 2. The molecule has 0 fully saturated rings. The molecule has 0 radical (unpaired) electrons. The van der Waals surface area contributed by atoms with Gasteiger partial charge in [0.1, 0.15) is 5.82 Å². The predicted molar refractivity (Wildman–Crippen MR) is 83.3 cm³/mol. The second kappa shape index (κ2) is 10.5. The summed E-state index contributed by atoms with van der Waals surface area (Å²) in [7, 11) is 0. The molecule has 6 heteroatoms. The number of nitrogens with one attached hydrogen (secondary N) is 2. The highest BCUT2D eigenvalue weighted by Gasteiger charge is 2.06. The number of halogens is 2. The van der Waals surface area contributed by atoms with E-state index >= 15 is 0 Å². The van der Waals surface area contributed by atoms with E-state index < -0.39 is 5.82 Å². The summed E-state index contributed by atoms with van der Waals surface area (Å²) in [6.07, 6.45) is 3.04. The summed E-state index contributed by atoms with van der Waals surface area (Å²) < 4.78 is 18.9. The number of amides is 1. The zero-order chi connectivity index (χ0) is 15.5. The maximum atomic E-state index is 13.5. The van der Waals surface area contributed by atoms with Crippen LogP contribution in [0.3, 0.4) is 0 Å². The molecule has 0 unspecified atom stereocenters. The summed E-state index contributed by atoms with van der Waals surface area (Å²) in [5, 5.41) is 5.77. The fourth-order valence-corrected chi connectivity index (χ4v) is 1.79. The smallest absolute Gasteiger partial charge is 0.238 e. The number of carbonyl (C=O) groups is 1. The van der Waals surface area contributed by atoms with E-state index in [1.165, 1.54) is 12.1 Å². The summed E-state index contributed by atoms with van der Waals surface area (Å²) in [6, 6.07) is 4.14. The van der Waals surface area contributed by atoms with Crippen LogP contribution in [0.2, 0.25) is 5.02 Å². The molecule has 0 spiro atoms. The third-order valence-corrected chi connectivity index (χ3v) is 3.01. The normalized spacial score (nSPS) is 10.6. The van der Waals surface area contributed by atoms with Crippen LogP contribution in [-0.2, 0) is 9.53 Å². The summed E-state index contributed by atoms with van der Waals surface area (Å²) in [5.41, 5.74) is 0.133. The molecule has 118 valence electrons. The van der Waals surface area contributed by atoms with Crippen LogP contribution >= 0.6 is 11.6 Å². The molecule has 0 atom stereocenters. The lowest BCUT2D eigenvalue weighted by Gasteiger charge is -2.08. The fraction of sp³-hybridized carbons (Fsp3) is 0.533. The highest BCUT2D eigenvalue weighted by Crippen LogP contribution is 2.18. The number of anilines is 1. The Kier molecular flexibility index (Phi) is 8.98. The van der Waals surface area contributed by atoms with E-state index in [9.17, 15) is 9.18 Å². The Morgan fingerprint density at radius 1 is 1.33 bits per heavy atom. The molecule has 0 heterocycles. The molecule has 2 N–H and O–H groups in total. The highest BCUT2D eigenvalue weighted by molar-refractivity contribution is 6.30. The molecule has 1 rings (SSSR count). The number of ether oxygens (including phenoxy) is 1. The Bertz CT molecular complexity index is 444. The van der Waals surface area contributed by atoms with E-state index in [-0.39, 0.29) is 18.1 Å². The largest absolute Gasteiger partial charge is 0.381 e. The predicted octanol–water partition coefficient (Wildman–Crippen LogP) is 3.21. The molecule has 4 nitrogen and oxygen atoms in total. The van der Waals surface area contributed by atoms with Crippen molar-refractivity contribution in [2.45, 2.75) is 26.2 Å². The summed E-state index contributed by atoms with van der Waals surface area (Å²) in [4.78, 5) is 11.6. The first-order valence-corrected chi connectivity index (χ1v) is 7.54. The molecule has 1 aromatic carbocycles. The minimum absolute atomic E-state index is 0.133. The fourth-order valence-electron chi connectivity index (χ4n) is 1.63. The van der Waals surface area contributed by atoms with Gasteiger partial charge in [0.05, 0.1) is 12.2 Å². The summed E-state index contributed by atoms with van der Waals surface area (Å²) in [5.74, 6) is -0.830. The third kappa shape index (κ3) is 7.99. The van der Waals surface area contributed by atoms with Crippen LogP contribution in [-0.4, -0.2) is 32.2 Å². The Morgan fingerprint density at radius 3 is 2.81 bits per heavy atom. The molecular weight excluding hydrogens is 295 g/mol. The number of unbranched alkanes of at least 4 members (excludes halogenated alkanes) is 1. The van der Waals surface area contributed by atoms with Gasteiger partial charge in [-0.2, -0.15) is 0 Å². The number of hydrogen-bond acceptors (Lipinski definition) is 3. The van der Waals surface area contributed by atoms with Crippen LogP contribution in [0.1, 0.15) is 26.2 Å². The van der Waals surface area contributed by atoms with Crippen LogP contribution in [0, 0.1) is 5.82 Å². The van der Waals surface area contributed by atoms with E-state index in [2.05, 4.69) is 17.6 Å². The van der Waals surface area contributed by atoms with Crippen molar-refractivity contribution in [3.8, 4) is 0 Å². The first-order valence-electron chi connectivity index (χ1n) is 7.17. The van der Waals surface area contributed by atoms with Gasteiger partial charge in [-0.3, -0.25) is 4.79 Å². The van der Waals surface area contributed by atoms with Gasteiger partial charge >= 0.3 is 0 Å². The van der Waals surface area contributed by atoms with Gasteiger partial charge in [0.25, 0.3) is 0 Å². The minimum atomic E-state index is -0.542. The zero-order valence-corrected chi connectivity index (χ0v) is 13.0. The maximum Gasteiger partial charge on any atom is 0.238 e. The van der Waals surface area contributed by atoms with Gasteiger partial charge in [-0.05, 0) is 37.6 Å². The molecule has 1 aromatic rings. The SMILES string of the molecule is CCCCOCCCNCC(=O)Nc1ccc(Cl)cc1F. The molecule has 0 aliphatic heterocycles. The van der Waals surface area contributed by atoms with Crippen molar-refractivity contribution in [3.63, 3.8) is 0 Å². The Balaban J connectivity index is 2.11. The van der Waals surface area contributed by atoms with E-state index in [1.807, 2.05) is 0 Å². The molecule has 0 aliphatic rings. The number of rotatable bonds is 10. The lowest BCUT2D eigenvalue weighted by Crippen LogP contribution is -2.29. The Morgan fingerprint density at radius 2 is 2.10 bits per heavy atom. The van der Waals surface area contributed by atoms with Gasteiger partial charge in [-0.15, -0.1) is 0 Å². The van der Waals surface area contributed by atoms with Crippen LogP contribution < -0.4 is 10.6 Å². The minimum Gasteiger partial charge on any atom is -0.381 e.